The predicted molar refractivity (Wildman–Crippen MR) is 105 cm³/mol. The Bertz CT molecular complexity index is 752. The summed E-state index contributed by atoms with van der Waals surface area (Å²) < 4.78 is 0. The summed E-state index contributed by atoms with van der Waals surface area (Å²) in [6.07, 6.45) is 4.82. The Labute approximate surface area is 165 Å². The number of imide groups is 1. The summed E-state index contributed by atoms with van der Waals surface area (Å²) in [6.45, 7) is 3.02. The number of amides is 3. The predicted octanol–water partition coefficient (Wildman–Crippen LogP) is 1.12. The molecule has 7 nitrogen and oxygen atoms in total. The number of anilines is 1. The lowest BCUT2D eigenvalue weighted by molar-refractivity contribution is -0.136. The molecule has 3 aliphatic rings. The van der Waals surface area contributed by atoms with Gasteiger partial charge in [0.2, 0.25) is 11.8 Å². The van der Waals surface area contributed by atoms with E-state index in [1.54, 1.807) is 12.1 Å². The van der Waals surface area contributed by atoms with Crippen LogP contribution in [0, 0.1) is 0 Å². The summed E-state index contributed by atoms with van der Waals surface area (Å²) in [6, 6.07) is 8.63. The average Bonchev–Trinajstić information content (AvgIpc) is 3.03. The molecule has 28 heavy (non-hydrogen) atoms. The Morgan fingerprint density at radius 1 is 0.964 bits per heavy atom. The molecule has 3 heterocycles. The number of piperidine rings is 2. The van der Waals surface area contributed by atoms with E-state index in [4.69, 9.17) is 5.73 Å². The third kappa shape index (κ3) is 3.22. The Hall–Kier alpha value is -2.25. The van der Waals surface area contributed by atoms with Gasteiger partial charge in [0, 0.05) is 13.1 Å². The number of nitrogens with zero attached hydrogens (tertiary/aromatic N) is 3. The van der Waals surface area contributed by atoms with Gasteiger partial charge in [0.25, 0.3) is 5.91 Å². The fraction of sp³-hybridized carbons (Fsp3) is 0.571. The van der Waals surface area contributed by atoms with Crippen molar-refractivity contribution in [2.45, 2.75) is 50.1 Å². The minimum Gasteiger partial charge on any atom is -0.368 e. The lowest BCUT2D eigenvalue weighted by Gasteiger charge is -2.48. The maximum Gasteiger partial charge on any atom is 0.251 e. The van der Waals surface area contributed by atoms with E-state index in [2.05, 4.69) is 9.80 Å². The fourth-order valence-corrected chi connectivity index (χ4v) is 5.00. The molecule has 7 heteroatoms. The number of primary amides is 1. The highest BCUT2D eigenvalue weighted by molar-refractivity contribution is 6.22. The van der Waals surface area contributed by atoms with Crippen LogP contribution in [0.4, 0.5) is 5.69 Å². The topological polar surface area (TPSA) is 87.0 Å². The van der Waals surface area contributed by atoms with E-state index in [1.807, 2.05) is 18.2 Å². The minimum atomic E-state index is -0.609. The van der Waals surface area contributed by atoms with Crippen LogP contribution in [-0.4, -0.2) is 65.3 Å². The van der Waals surface area contributed by atoms with Gasteiger partial charge in [-0.1, -0.05) is 24.6 Å². The molecule has 1 aromatic carbocycles. The minimum absolute atomic E-state index is 0.163. The average molecular weight is 384 g/mol. The van der Waals surface area contributed by atoms with E-state index in [0.717, 1.165) is 25.9 Å². The molecule has 0 aliphatic carbocycles. The maximum absolute atomic E-state index is 13.0. The lowest BCUT2D eigenvalue weighted by Crippen LogP contribution is -2.64. The summed E-state index contributed by atoms with van der Waals surface area (Å²) >= 11 is 0. The van der Waals surface area contributed by atoms with E-state index in [-0.39, 0.29) is 24.1 Å². The number of rotatable bonds is 4. The van der Waals surface area contributed by atoms with Crippen LogP contribution in [0.2, 0.25) is 0 Å². The number of nitrogens with two attached hydrogens (primary N) is 1. The molecule has 0 saturated carbocycles. The summed E-state index contributed by atoms with van der Waals surface area (Å²) in [5.74, 6) is -0.585. The third-order valence-electron chi connectivity index (χ3n) is 6.62. The molecular formula is C21H28N4O3. The van der Waals surface area contributed by atoms with Crippen LogP contribution in [0.15, 0.2) is 30.3 Å². The van der Waals surface area contributed by atoms with Crippen LogP contribution in [0.5, 0.6) is 0 Å². The van der Waals surface area contributed by atoms with E-state index >= 15 is 0 Å². The van der Waals surface area contributed by atoms with Gasteiger partial charge >= 0.3 is 0 Å². The quantitative estimate of drug-likeness (QED) is 0.787. The highest BCUT2D eigenvalue weighted by Gasteiger charge is 2.49. The molecule has 3 aliphatic heterocycles. The second kappa shape index (κ2) is 7.64. The van der Waals surface area contributed by atoms with Crippen LogP contribution in [-0.2, 0) is 14.4 Å². The smallest absolute Gasteiger partial charge is 0.251 e. The van der Waals surface area contributed by atoms with Gasteiger partial charge in [0.05, 0.1) is 18.2 Å². The highest BCUT2D eigenvalue weighted by atomic mass is 16.2. The molecule has 3 saturated heterocycles. The standard InChI is InChI=1S/C21H28N4O3/c22-20(28)21(24-11-5-2-6-12-24)9-13-23(14-10-21)17-15-18(26)25(19(17)27)16-7-3-1-4-8-16/h1,3-4,7-8,17H,2,5-6,9-15H2,(H2,22,28)/t17-/m1/s1. The van der Waals surface area contributed by atoms with Crippen molar-refractivity contribution in [3.63, 3.8) is 0 Å². The second-order valence-corrected chi connectivity index (χ2v) is 8.10. The first-order valence-electron chi connectivity index (χ1n) is 10.2. The summed E-state index contributed by atoms with van der Waals surface area (Å²) in [5, 5.41) is 0. The van der Waals surface area contributed by atoms with E-state index in [1.165, 1.54) is 11.3 Å². The number of hydrogen-bond donors (Lipinski definition) is 1. The third-order valence-corrected chi connectivity index (χ3v) is 6.62. The van der Waals surface area contributed by atoms with Crippen molar-refractivity contribution in [1.29, 1.82) is 0 Å². The molecule has 0 spiro atoms. The Morgan fingerprint density at radius 3 is 2.21 bits per heavy atom. The van der Waals surface area contributed by atoms with Crippen molar-refractivity contribution in [1.82, 2.24) is 9.80 Å². The van der Waals surface area contributed by atoms with Crippen molar-refractivity contribution in [3.8, 4) is 0 Å². The number of hydrogen-bond acceptors (Lipinski definition) is 5. The first-order valence-corrected chi connectivity index (χ1v) is 10.2. The van der Waals surface area contributed by atoms with Gasteiger partial charge in [-0.25, -0.2) is 4.90 Å². The van der Waals surface area contributed by atoms with Gasteiger partial charge in [-0.3, -0.25) is 24.2 Å². The zero-order chi connectivity index (χ0) is 19.7. The Morgan fingerprint density at radius 2 is 1.61 bits per heavy atom. The second-order valence-electron chi connectivity index (χ2n) is 8.10. The zero-order valence-electron chi connectivity index (χ0n) is 16.2. The monoisotopic (exact) mass is 384 g/mol. The molecule has 0 unspecified atom stereocenters. The van der Waals surface area contributed by atoms with Crippen LogP contribution < -0.4 is 10.6 Å². The molecule has 1 aromatic rings. The van der Waals surface area contributed by atoms with Crippen LogP contribution in [0.3, 0.4) is 0 Å². The molecule has 3 amide bonds. The summed E-state index contributed by atoms with van der Waals surface area (Å²) in [4.78, 5) is 43.5. The maximum atomic E-state index is 13.0. The molecule has 3 fully saturated rings. The van der Waals surface area contributed by atoms with Gasteiger partial charge in [-0.05, 0) is 50.9 Å². The van der Waals surface area contributed by atoms with Gasteiger partial charge in [-0.2, -0.15) is 0 Å². The summed E-state index contributed by atoms with van der Waals surface area (Å²) in [5.41, 5.74) is 5.86. The van der Waals surface area contributed by atoms with Gasteiger partial charge in [0.15, 0.2) is 0 Å². The molecule has 0 bridgehead atoms. The number of para-hydroxylation sites is 1. The SMILES string of the molecule is NC(=O)C1(N2CCCCC2)CCN([C@@H]2CC(=O)N(c3ccccc3)C2=O)CC1. The van der Waals surface area contributed by atoms with Crippen molar-refractivity contribution < 1.29 is 14.4 Å². The normalized spacial score (nSPS) is 26.6. The zero-order valence-corrected chi connectivity index (χ0v) is 16.2. The molecule has 150 valence electrons. The first kappa shape index (κ1) is 19.1. The number of carbonyl (C=O) groups is 3. The van der Waals surface area contributed by atoms with E-state index in [0.29, 0.717) is 31.6 Å². The summed E-state index contributed by atoms with van der Waals surface area (Å²) in [7, 11) is 0. The molecule has 2 N–H and O–H groups in total. The van der Waals surface area contributed by atoms with Crippen molar-refractivity contribution in [2.75, 3.05) is 31.1 Å². The van der Waals surface area contributed by atoms with Gasteiger partial charge in [-0.15, -0.1) is 0 Å². The molecule has 1 atom stereocenters. The number of likely N-dealkylation sites (tertiary alicyclic amines) is 2. The highest BCUT2D eigenvalue weighted by Crippen LogP contribution is 2.34. The van der Waals surface area contributed by atoms with Gasteiger partial charge in [0.1, 0.15) is 5.54 Å². The molecule has 0 radical (unpaired) electrons. The number of benzene rings is 1. The first-order chi connectivity index (χ1) is 13.5. The van der Waals surface area contributed by atoms with Crippen molar-refractivity contribution >= 4 is 23.4 Å². The van der Waals surface area contributed by atoms with Gasteiger partial charge < -0.3 is 5.73 Å². The van der Waals surface area contributed by atoms with E-state index in [9.17, 15) is 14.4 Å². The lowest BCUT2D eigenvalue weighted by atomic mass is 9.83. The molecule has 0 aromatic heterocycles. The number of carbonyl (C=O) groups excluding carboxylic acids is 3. The van der Waals surface area contributed by atoms with Crippen molar-refractivity contribution in [3.05, 3.63) is 30.3 Å². The fourth-order valence-electron chi connectivity index (χ4n) is 5.00. The molecule has 4 rings (SSSR count). The van der Waals surface area contributed by atoms with E-state index < -0.39 is 11.6 Å². The van der Waals surface area contributed by atoms with Crippen LogP contribution in [0.1, 0.15) is 38.5 Å². The Kier molecular flexibility index (Phi) is 5.21. The largest absolute Gasteiger partial charge is 0.368 e. The molecular weight excluding hydrogens is 356 g/mol. The van der Waals surface area contributed by atoms with Crippen LogP contribution in [0.25, 0.3) is 0 Å². The Balaban J connectivity index is 1.47. The van der Waals surface area contributed by atoms with Crippen LogP contribution >= 0.6 is 0 Å². The van der Waals surface area contributed by atoms with Crippen molar-refractivity contribution in [2.24, 2.45) is 5.73 Å².